The molecule has 4 aromatic carbocycles. The van der Waals surface area contributed by atoms with Crippen molar-refractivity contribution in [2.75, 3.05) is 36.1 Å². The Hall–Kier alpha value is -4.46. The summed E-state index contributed by atoms with van der Waals surface area (Å²) in [7, 11) is 1.64. The van der Waals surface area contributed by atoms with Gasteiger partial charge < -0.3 is 25.4 Å². The summed E-state index contributed by atoms with van der Waals surface area (Å²) in [5, 5.41) is 12.7. The number of methoxy groups -OCH3 is 1. The van der Waals surface area contributed by atoms with E-state index in [4.69, 9.17) is 37.7 Å². The average Bonchev–Trinajstić information content (AvgIpc) is 3.01. The summed E-state index contributed by atoms with van der Waals surface area (Å²) in [6.07, 6.45) is 3.65. The van der Waals surface area contributed by atoms with Crippen LogP contribution in [0.2, 0.25) is 10.0 Å². The molecule has 7 nitrogen and oxygen atoms in total. The molecule has 0 atom stereocenters. The van der Waals surface area contributed by atoms with Gasteiger partial charge in [-0.2, -0.15) is 0 Å². The van der Waals surface area contributed by atoms with E-state index in [1.807, 2.05) is 97.1 Å². The standard InChI is InChI=1S/C33H31Cl2N5O2/c1-41-27-13-15-29(16-14-27)42-28-11-9-26(10-12-28)40-33(39-25-7-4-23(34)5-8-25)38-20-3-2-19-36-31-18-21-37-32-22-24(35)6-17-30(31)32/h4-18,21-22H,2-3,19-20H2,1H3,(H,36,37)(H2,38,39,40). The largest absolute Gasteiger partial charge is 0.497 e. The molecule has 0 fully saturated rings. The second-order valence-corrected chi connectivity index (χ2v) is 10.3. The zero-order valence-electron chi connectivity index (χ0n) is 23.1. The molecule has 1 aromatic heterocycles. The van der Waals surface area contributed by atoms with E-state index in [0.717, 1.165) is 64.6 Å². The first-order chi connectivity index (χ1) is 20.6. The lowest BCUT2D eigenvalue weighted by molar-refractivity contribution is 0.413. The molecule has 0 bridgehead atoms. The molecule has 42 heavy (non-hydrogen) atoms. The third kappa shape index (κ3) is 8.28. The highest BCUT2D eigenvalue weighted by molar-refractivity contribution is 6.31. The number of aliphatic imine (C=N–C) groups is 1. The molecule has 1 heterocycles. The molecule has 5 rings (SSSR count). The summed E-state index contributed by atoms with van der Waals surface area (Å²) in [6.45, 7) is 1.47. The number of hydrogen-bond donors (Lipinski definition) is 3. The van der Waals surface area contributed by atoms with E-state index in [1.54, 1.807) is 13.3 Å². The van der Waals surface area contributed by atoms with Gasteiger partial charge in [0.25, 0.3) is 0 Å². The summed E-state index contributed by atoms with van der Waals surface area (Å²) in [6, 6.07) is 30.5. The molecule has 0 aliphatic heterocycles. The van der Waals surface area contributed by atoms with Crippen LogP contribution < -0.4 is 25.4 Å². The van der Waals surface area contributed by atoms with Crippen molar-refractivity contribution in [3.8, 4) is 17.2 Å². The van der Waals surface area contributed by atoms with Crippen molar-refractivity contribution in [3.63, 3.8) is 0 Å². The Balaban J connectivity index is 1.18. The highest BCUT2D eigenvalue weighted by Gasteiger charge is 2.05. The number of ether oxygens (including phenoxy) is 2. The molecule has 0 spiro atoms. The predicted octanol–water partition coefficient (Wildman–Crippen LogP) is 9.11. The van der Waals surface area contributed by atoms with Crippen LogP contribution in [0, 0.1) is 0 Å². The van der Waals surface area contributed by atoms with Gasteiger partial charge in [-0.15, -0.1) is 0 Å². The van der Waals surface area contributed by atoms with Gasteiger partial charge >= 0.3 is 0 Å². The Morgan fingerprint density at radius 3 is 2.05 bits per heavy atom. The molecule has 0 saturated carbocycles. The van der Waals surface area contributed by atoms with Crippen LogP contribution in [0.1, 0.15) is 12.8 Å². The number of unbranched alkanes of at least 4 members (excludes halogenated alkanes) is 1. The Bertz CT molecular complexity index is 1630. The maximum atomic E-state index is 6.11. The third-order valence-electron chi connectivity index (χ3n) is 6.39. The molecule has 0 aliphatic carbocycles. The van der Waals surface area contributed by atoms with Gasteiger partial charge in [-0.1, -0.05) is 23.2 Å². The fraction of sp³-hybridized carbons (Fsp3) is 0.152. The fourth-order valence-electron chi connectivity index (χ4n) is 4.23. The van der Waals surface area contributed by atoms with E-state index in [0.29, 0.717) is 22.5 Å². The van der Waals surface area contributed by atoms with Crippen LogP contribution in [0.5, 0.6) is 17.2 Å². The minimum atomic E-state index is 0.645. The van der Waals surface area contributed by atoms with E-state index in [1.165, 1.54) is 0 Å². The zero-order chi connectivity index (χ0) is 29.1. The Kier molecular flexibility index (Phi) is 9.98. The quantitative estimate of drug-likeness (QED) is 0.0797. The van der Waals surface area contributed by atoms with Crippen molar-refractivity contribution in [3.05, 3.63) is 113 Å². The molecule has 3 N–H and O–H groups in total. The van der Waals surface area contributed by atoms with Gasteiger partial charge in [-0.3, -0.25) is 9.98 Å². The first kappa shape index (κ1) is 29.0. The van der Waals surface area contributed by atoms with E-state index >= 15 is 0 Å². The number of pyridine rings is 1. The fourth-order valence-corrected chi connectivity index (χ4v) is 4.52. The Morgan fingerprint density at radius 2 is 1.36 bits per heavy atom. The molecule has 0 amide bonds. The average molecular weight is 601 g/mol. The maximum absolute atomic E-state index is 6.11. The second-order valence-electron chi connectivity index (χ2n) is 9.44. The minimum absolute atomic E-state index is 0.645. The van der Waals surface area contributed by atoms with Crippen molar-refractivity contribution in [2.24, 2.45) is 4.99 Å². The highest BCUT2D eigenvalue weighted by atomic mass is 35.5. The molecular formula is C33H31Cl2N5O2. The third-order valence-corrected chi connectivity index (χ3v) is 6.88. The van der Waals surface area contributed by atoms with Crippen LogP contribution >= 0.6 is 23.2 Å². The van der Waals surface area contributed by atoms with Crippen LogP contribution in [0.4, 0.5) is 17.1 Å². The molecule has 0 unspecified atom stereocenters. The van der Waals surface area contributed by atoms with E-state index in [2.05, 4.69) is 20.9 Å². The van der Waals surface area contributed by atoms with Gasteiger partial charge in [-0.05, 0) is 110 Å². The SMILES string of the molecule is COc1ccc(Oc2ccc(NC(=NCCCCNc3ccnc4cc(Cl)ccc34)Nc3ccc(Cl)cc3)cc2)cc1. The maximum Gasteiger partial charge on any atom is 0.200 e. The van der Waals surface area contributed by atoms with Crippen LogP contribution in [-0.2, 0) is 0 Å². The molecule has 0 aliphatic rings. The number of halogens is 2. The first-order valence-electron chi connectivity index (χ1n) is 13.6. The summed E-state index contributed by atoms with van der Waals surface area (Å²) < 4.78 is 11.2. The normalized spacial score (nSPS) is 11.3. The van der Waals surface area contributed by atoms with Gasteiger partial charge in [0.2, 0.25) is 0 Å². The number of benzene rings is 4. The molecule has 0 saturated heterocycles. The van der Waals surface area contributed by atoms with Gasteiger partial charge in [0.1, 0.15) is 17.2 Å². The van der Waals surface area contributed by atoms with E-state index in [-0.39, 0.29) is 0 Å². The molecule has 214 valence electrons. The van der Waals surface area contributed by atoms with Crippen LogP contribution in [0.3, 0.4) is 0 Å². The smallest absolute Gasteiger partial charge is 0.200 e. The van der Waals surface area contributed by atoms with E-state index in [9.17, 15) is 0 Å². The number of guanidine groups is 1. The topological polar surface area (TPSA) is 79.8 Å². The zero-order valence-corrected chi connectivity index (χ0v) is 24.6. The highest BCUT2D eigenvalue weighted by Crippen LogP contribution is 2.26. The van der Waals surface area contributed by atoms with Crippen molar-refractivity contribution in [2.45, 2.75) is 12.8 Å². The lowest BCUT2D eigenvalue weighted by Gasteiger charge is -2.14. The number of hydrogen-bond acceptors (Lipinski definition) is 5. The number of nitrogens with one attached hydrogen (secondary N) is 3. The Morgan fingerprint density at radius 1 is 0.738 bits per heavy atom. The van der Waals surface area contributed by atoms with Gasteiger partial charge in [0, 0.05) is 51.8 Å². The predicted molar refractivity (Wildman–Crippen MR) is 175 cm³/mol. The molecule has 9 heteroatoms. The number of aromatic nitrogens is 1. The lowest BCUT2D eigenvalue weighted by atomic mass is 10.2. The van der Waals surface area contributed by atoms with Crippen molar-refractivity contribution < 1.29 is 9.47 Å². The summed E-state index contributed by atoms with van der Waals surface area (Å²) in [5.74, 6) is 2.89. The van der Waals surface area contributed by atoms with Crippen LogP contribution in [0.25, 0.3) is 10.9 Å². The van der Waals surface area contributed by atoms with Gasteiger partial charge in [0.05, 0.1) is 12.6 Å². The number of rotatable bonds is 11. The first-order valence-corrected chi connectivity index (χ1v) is 14.4. The summed E-state index contributed by atoms with van der Waals surface area (Å²) in [4.78, 5) is 9.22. The summed E-state index contributed by atoms with van der Waals surface area (Å²) in [5.41, 5.74) is 3.69. The molecule has 0 radical (unpaired) electrons. The van der Waals surface area contributed by atoms with Gasteiger partial charge in [0.15, 0.2) is 5.96 Å². The number of fused-ring (bicyclic) bond motifs is 1. The summed E-state index contributed by atoms with van der Waals surface area (Å²) >= 11 is 12.2. The Labute approximate surface area is 255 Å². The molecular weight excluding hydrogens is 569 g/mol. The van der Waals surface area contributed by atoms with E-state index < -0.39 is 0 Å². The number of nitrogens with zero attached hydrogens (tertiary/aromatic N) is 2. The van der Waals surface area contributed by atoms with Crippen LogP contribution in [0.15, 0.2) is 108 Å². The monoisotopic (exact) mass is 599 g/mol. The number of anilines is 3. The molecule has 5 aromatic rings. The minimum Gasteiger partial charge on any atom is -0.497 e. The van der Waals surface area contributed by atoms with Crippen LogP contribution in [-0.4, -0.2) is 31.1 Å². The lowest BCUT2D eigenvalue weighted by Crippen LogP contribution is -2.22. The van der Waals surface area contributed by atoms with Gasteiger partial charge in [-0.25, -0.2) is 0 Å². The van der Waals surface area contributed by atoms with Crippen molar-refractivity contribution in [1.29, 1.82) is 0 Å². The second kappa shape index (κ2) is 14.4. The van der Waals surface area contributed by atoms with Crippen molar-refractivity contribution in [1.82, 2.24) is 4.98 Å². The van der Waals surface area contributed by atoms with Crippen molar-refractivity contribution >= 4 is 57.1 Å².